The molecule has 0 radical (unpaired) electrons. The number of carbonyl (C=O) groups excluding carboxylic acids is 1. The molecule has 3 N–H and O–H groups in total. The number of amides is 1. The highest BCUT2D eigenvalue weighted by Crippen LogP contribution is 2.22. The van der Waals surface area contributed by atoms with Gasteiger partial charge in [0.1, 0.15) is 0 Å². The fourth-order valence-corrected chi connectivity index (χ4v) is 2.66. The number of nitrogens with zero attached hydrogens (tertiary/aromatic N) is 2. The Labute approximate surface area is 131 Å². The molecule has 1 fully saturated rings. The molecule has 0 spiro atoms. The number of hydrogen-bond acceptors (Lipinski definition) is 4. The smallest absolute Gasteiger partial charge is 0.225 e. The molecule has 1 unspecified atom stereocenters. The molecule has 1 heterocycles. The summed E-state index contributed by atoms with van der Waals surface area (Å²) in [5, 5.41) is 3.35. The molecule has 21 heavy (non-hydrogen) atoms. The molecule has 1 atom stereocenters. The van der Waals surface area contributed by atoms with Crippen molar-refractivity contribution in [2.75, 3.05) is 44.8 Å². The summed E-state index contributed by atoms with van der Waals surface area (Å²) in [4.78, 5) is 16.5. The van der Waals surface area contributed by atoms with Crippen LogP contribution in [0.25, 0.3) is 0 Å². The standard InChI is InChI=1S/C15H23ClN4O/c1-19(2)12-5-7-20(10-12)8-6-15(21)18-11-3-4-13(16)14(17)9-11/h3-4,9,12H,5-8,10,17H2,1-2H3,(H,18,21). The molecular formula is C15H23ClN4O. The summed E-state index contributed by atoms with van der Waals surface area (Å²) >= 11 is 5.86. The number of carbonyl (C=O) groups is 1. The van der Waals surface area contributed by atoms with Crippen molar-refractivity contribution in [3.63, 3.8) is 0 Å². The number of nitrogen functional groups attached to an aromatic ring is 1. The first-order valence-electron chi connectivity index (χ1n) is 7.19. The van der Waals surface area contributed by atoms with E-state index in [9.17, 15) is 4.79 Å². The van der Waals surface area contributed by atoms with Crippen molar-refractivity contribution in [1.82, 2.24) is 9.80 Å². The summed E-state index contributed by atoms with van der Waals surface area (Å²) in [6.45, 7) is 2.89. The maximum Gasteiger partial charge on any atom is 0.225 e. The maximum atomic E-state index is 12.0. The minimum Gasteiger partial charge on any atom is -0.397 e. The van der Waals surface area contributed by atoms with Gasteiger partial charge in [0.05, 0.1) is 10.7 Å². The molecule has 1 aliphatic rings. The SMILES string of the molecule is CN(C)C1CCN(CCC(=O)Nc2ccc(Cl)c(N)c2)C1. The second-order valence-corrected chi connectivity index (χ2v) is 6.15. The third-order valence-corrected chi connectivity index (χ3v) is 4.26. The Morgan fingerprint density at radius 2 is 2.29 bits per heavy atom. The van der Waals surface area contributed by atoms with Gasteiger partial charge in [-0.1, -0.05) is 11.6 Å². The van der Waals surface area contributed by atoms with Crippen LogP contribution in [0.5, 0.6) is 0 Å². The normalized spacial score (nSPS) is 19.1. The van der Waals surface area contributed by atoms with Crippen molar-refractivity contribution >= 4 is 28.9 Å². The summed E-state index contributed by atoms with van der Waals surface area (Å²) < 4.78 is 0. The van der Waals surface area contributed by atoms with Crippen molar-refractivity contribution in [2.45, 2.75) is 18.9 Å². The van der Waals surface area contributed by atoms with E-state index in [2.05, 4.69) is 29.2 Å². The van der Waals surface area contributed by atoms with E-state index in [1.165, 1.54) is 6.42 Å². The number of hydrogen-bond donors (Lipinski definition) is 2. The first kappa shape index (κ1) is 16.1. The highest BCUT2D eigenvalue weighted by molar-refractivity contribution is 6.33. The van der Waals surface area contributed by atoms with Crippen molar-refractivity contribution in [3.8, 4) is 0 Å². The highest BCUT2D eigenvalue weighted by Gasteiger charge is 2.23. The van der Waals surface area contributed by atoms with Gasteiger partial charge in [-0.2, -0.15) is 0 Å². The lowest BCUT2D eigenvalue weighted by molar-refractivity contribution is -0.116. The van der Waals surface area contributed by atoms with Gasteiger partial charge in [-0.05, 0) is 45.3 Å². The molecule has 5 nitrogen and oxygen atoms in total. The predicted molar refractivity (Wildman–Crippen MR) is 87.6 cm³/mol. The molecular weight excluding hydrogens is 288 g/mol. The topological polar surface area (TPSA) is 61.6 Å². The first-order chi connectivity index (χ1) is 9.95. The lowest BCUT2D eigenvalue weighted by Crippen LogP contribution is -2.32. The monoisotopic (exact) mass is 310 g/mol. The van der Waals surface area contributed by atoms with Crippen molar-refractivity contribution < 1.29 is 4.79 Å². The van der Waals surface area contributed by atoms with Gasteiger partial charge < -0.3 is 20.9 Å². The third kappa shape index (κ3) is 4.59. The lowest BCUT2D eigenvalue weighted by atomic mass is 10.2. The molecule has 1 aromatic rings. The number of halogens is 1. The van der Waals surface area contributed by atoms with E-state index in [-0.39, 0.29) is 5.91 Å². The number of nitrogens with two attached hydrogens (primary N) is 1. The summed E-state index contributed by atoms with van der Waals surface area (Å²) in [6, 6.07) is 5.73. The number of likely N-dealkylation sites (tertiary alicyclic amines) is 1. The Bertz CT molecular complexity index is 506. The van der Waals surface area contributed by atoms with Crippen LogP contribution in [-0.4, -0.2) is 55.5 Å². The summed E-state index contributed by atoms with van der Waals surface area (Å²) in [5.74, 6) is 0.00465. The van der Waals surface area contributed by atoms with Crippen molar-refractivity contribution in [2.24, 2.45) is 0 Å². The zero-order valence-electron chi connectivity index (χ0n) is 12.6. The number of nitrogens with one attached hydrogen (secondary N) is 1. The molecule has 1 saturated heterocycles. The predicted octanol–water partition coefficient (Wildman–Crippen LogP) is 1.89. The zero-order chi connectivity index (χ0) is 15.4. The second kappa shape index (κ2) is 7.11. The molecule has 1 aromatic carbocycles. The van der Waals surface area contributed by atoms with E-state index in [0.29, 0.717) is 28.9 Å². The Balaban J connectivity index is 1.76. The number of anilines is 2. The zero-order valence-corrected chi connectivity index (χ0v) is 13.4. The molecule has 0 bridgehead atoms. The van der Waals surface area contributed by atoms with E-state index in [1.807, 2.05) is 0 Å². The van der Waals surface area contributed by atoms with Crippen molar-refractivity contribution in [3.05, 3.63) is 23.2 Å². The Morgan fingerprint density at radius 3 is 2.90 bits per heavy atom. The van der Waals surface area contributed by atoms with Gasteiger partial charge in [0, 0.05) is 31.2 Å². The van der Waals surface area contributed by atoms with E-state index in [0.717, 1.165) is 19.6 Å². The number of likely N-dealkylation sites (N-methyl/N-ethyl adjacent to an activating group) is 1. The van der Waals surface area contributed by atoms with Crippen LogP contribution in [0.1, 0.15) is 12.8 Å². The van der Waals surface area contributed by atoms with Crippen molar-refractivity contribution in [1.29, 1.82) is 0 Å². The molecule has 1 aliphatic heterocycles. The lowest BCUT2D eigenvalue weighted by Gasteiger charge is -2.20. The average molecular weight is 311 g/mol. The summed E-state index contributed by atoms with van der Waals surface area (Å²) in [6.07, 6.45) is 1.66. The van der Waals surface area contributed by atoms with Gasteiger partial charge in [0.2, 0.25) is 5.91 Å². The first-order valence-corrected chi connectivity index (χ1v) is 7.57. The van der Waals surface area contributed by atoms with E-state index < -0.39 is 0 Å². The molecule has 1 amide bonds. The largest absolute Gasteiger partial charge is 0.397 e. The number of benzene rings is 1. The van der Waals surface area contributed by atoms with E-state index in [4.69, 9.17) is 17.3 Å². The van der Waals surface area contributed by atoms with Crippen LogP contribution in [0.2, 0.25) is 5.02 Å². The molecule has 116 valence electrons. The van der Waals surface area contributed by atoms with Crippen LogP contribution in [0.3, 0.4) is 0 Å². The minimum atomic E-state index is 0.00465. The van der Waals surface area contributed by atoms with Crippen LogP contribution in [0, 0.1) is 0 Å². The number of rotatable bonds is 5. The minimum absolute atomic E-state index is 0.00465. The average Bonchev–Trinajstić information content (AvgIpc) is 2.90. The Kier molecular flexibility index (Phi) is 5.45. The van der Waals surface area contributed by atoms with Gasteiger partial charge in [0.25, 0.3) is 0 Å². The molecule has 0 aliphatic carbocycles. The van der Waals surface area contributed by atoms with Gasteiger partial charge in [-0.15, -0.1) is 0 Å². The van der Waals surface area contributed by atoms with Gasteiger partial charge in [0.15, 0.2) is 0 Å². The fourth-order valence-electron chi connectivity index (χ4n) is 2.54. The fraction of sp³-hybridized carbons (Fsp3) is 0.533. The highest BCUT2D eigenvalue weighted by atomic mass is 35.5. The van der Waals surface area contributed by atoms with Crippen LogP contribution in [0.15, 0.2) is 18.2 Å². The van der Waals surface area contributed by atoms with Gasteiger partial charge in [-0.25, -0.2) is 0 Å². The Morgan fingerprint density at radius 1 is 1.52 bits per heavy atom. The van der Waals surface area contributed by atoms with Crippen LogP contribution in [0.4, 0.5) is 11.4 Å². The quantitative estimate of drug-likeness (QED) is 0.815. The third-order valence-electron chi connectivity index (χ3n) is 3.91. The van der Waals surface area contributed by atoms with Crippen LogP contribution < -0.4 is 11.1 Å². The molecule has 0 saturated carbocycles. The van der Waals surface area contributed by atoms with Crippen LogP contribution >= 0.6 is 11.6 Å². The molecule has 2 rings (SSSR count). The van der Waals surface area contributed by atoms with Crippen LogP contribution in [-0.2, 0) is 4.79 Å². The summed E-state index contributed by atoms with van der Waals surface area (Å²) in [7, 11) is 4.21. The van der Waals surface area contributed by atoms with E-state index >= 15 is 0 Å². The van der Waals surface area contributed by atoms with E-state index in [1.54, 1.807) is 18.2 Å². The molecule has 6 heteroatoms. The molecule has 0 aromatic heterocycles. The summed E-state index contributed by atoms with van der Waals surface area (Å²) in [5.41, 5.74) is 6.88. The maximum absolute atomic E-state index is 12.0. The van der Waals surface area contributed by atoms with Gasteiger partial charge in [-0.3, -0.25) is 4.79 Å². The second-order valence-electron chi connectivity index (χ2n) is 5.74. The Hall–Kier alpha value is -1.30. The van der Waals surface area contributed by atoms with Gasteiger partial charge >= 0.3 is 0 Å².